The van der Waals surface area contributed by atoms with Gasteiger partial charge in [0.05, 0.1) is 16.3 Å². The van der Waals surface area contributed by atoms with Crippen LogP contribution in [0, 0.1) is 22.4 Å². The first-order valence-electron chi connectivity index (χ1n) is 5.51. The van der Waals surface area contributed by atoms with E-state index in [0.717, 1.165) is 12.1 Å². The smallest absolute Gasteiger partial charge is 0.257 e. The van der Waals surface area contributed by atoms with Crippen LogP contribution in [0.3, 0.4) is 0 Å². The predicted molar refractivity (Wildman–Crippen MR) is 71.2 cm³/mol. The Hall–Kier alpha value is -2.41. The van der Waals surface area contributed by atoms with Crippen LogP contribution in [-0.4, -0.2) is 5.91 Å². The molecule has 0 aliphatic rings. The molecular formula is C13H6ClF3N2O2. The van der Waals surface area contributed by atoms with E-state index in [1.807, 2.05) is 5.32 Å². The second-order valence-corrected chi connectivity index (χ2v) is 4.34. The number of rotatable bonds is 3. The third kappa shape index (κ3) is 3.03. The lowest BCUT2D eigenvalue weighted by Gasteiger charge is -2.08. The lowest BCUT2D eigenvalue weighted by Crippen LogP contribution is -2.14. The fourth-order valence-electron chi connectivity index (χ4n) is 1.56. The molecule has 2 aromatic carbocycles. The Morgan fingerprint density at radius 1 is 1.10 bits per heavy atom. The van der Waals surface area contributed by atoms with Crippen molar-refractivity contribution in [2.24, 2.45) is 5.18 Å². The molecule has 0 spiro atoms. The fourth-order valence-corrected chi connectivity index (χ4v) is 1.76. The van der Waals surface area contributed by atoms with E-state index in [1.54, 1.807) is 0 Å². The highest BCUT2D eigenvalue weighted by Gasteiger charge is 2.17. The van der Waals surface area contributed by atoms with Gasteiger partial charge in [-0.3, -0.25) is 4.79 Å². The minimum atomic E-state index is -1.71. The van der Waals surface area contributed by atoms with Gasteiger partial charge in [-0.1, -0.05) is 11.6 Å². The van der Waals surface area contributed by atoms with Crippen LogP contribution >= 0.6 is 11.6 Å². The molecule has 0 unspecified atom stereocenters. The van der Waals surface area contributed by atoms with Crippen molar-refractivity contribution in [2.75, 3.05) is 5.32 Å². The Morgan fingerprint density at radius 3 is 2.48 bits per heavy atom. The van der Waals surface area contributed by atoms with Crippen molar-refractivity contribution in [3.05, 3.63) is 63.3 Å². The van der Waals surface area contributed by atoms with Crippen molar-refractivity contribution in [3.8, 4) is 0 Å². The third-order valence-electron chi connectivity index (χ3n) is 2.58. The number of carbonyl (C=O) groups is 1. The molecule has 0 heterocycles. The number of hydrogen-bond donors (Lipinski definition) is 1. The second kappa shape index (κ2) is 5.92. The second-order valence-electron chi connectivity index (χ2n) is 3.93. The largest absolute Gasteiger partial charge is 0.319 e. The van der Waals surface area contributed by atoms with E-state index in [-0.39, 0.29) is 16.3 Å². The highest BCUT2D eigenvalue weighted by molar-refractivity contribution is 6.34. The standard InChI is InChI=1S/C13H6ClF3N2O2/c14-8-2-1-6(19-21)5-7(8)13(20)18-10-4-3-9(15)11(16)12(10)17/h1-5H,(H,18,20). The van der Waals surface area contributed by atoms with Gasteiger partial charge in [0.1, 0.15) is 5.69 Å². The molecule has 0 radical (unpaired) electrons. The number of anilines is 1. The monoisotopic (exact) mass is 314 g/mol. The normalized spacial score (nSPS) is 10.3. The van der Waals surface area contributed by atoms with Crippen LogP contribution < -0.4 is 5.32 Å². The SMILES string of the molecule is O=Nc1ccc(Cl)c(C(=O)Nc2ccc(F)c(F)c2F)c1. The maximum Gasteiger partial charge on any atom is 0.257 e. The van der Waals surface area contributed by atoms with Gasteiger partial charge in [0, 0.05) is 0 Å². The molecule has 0 aromatic heterocycles. The zero-order chi connectivity index (χ0) is 15.6. The average molecular weight is 315 g/mol. The molecule has 0 aliphatic heterocycles. The van der Waals surface area contributed by atoms with E-state index in [4.69, 9.17) is 11.6 Å². The van der Waals surface area contributed by atoms with Crippen molar-refractivity contribution in [3.63, 3.8) is 0 Å². The van der Waals surface area contributed by atoms with Gasteiger partial charge in [0.2, 0.25) is 0 Å². The summed E-state index contributed by atoms with van der Waals surface area (Å²) in [6.45, 7) is 0. The van der Waals surface area contributed by atoms with Gasteiger partial charge < -0.3 is 5.32 Å². The number of amides is 1. The molecule has 4 nitrogen and oxygen atoms in total. The molecule has 0 saturated carbocycles. The zero-order valence-corrected chi connectivity index (χ0v) is 10.9. The van der Waals surface area contributed by atoms with Crippen molar-refractivity contribution in [1.29, 1.82) is 0 Å². The Labute approximate surface area is 121 Å². The highest BCUT2D eigenvalue weighted by atomic mass is 35.5. The fraction of sp³-hybridized carbons (Fsp3) is 0. The van der Waals surface area contributed by atoms with Crippen molar-refractivity contribution in [1.82, 2.24) is 0 Å². The molecule has 0 atom stereocenters. The summed E-state index contributed by atoms with van der Waals surface area (Å²) >= 11 is 5.78. The van der Waals surface area contributed by atoms with Gasteiger partial charge in [-0.15, -0.1) is 4.91 Å². The zero-order valence-electron chi connectivity index (χ0n) is 10.2. The van der Waals surface area contributed by atoms with E-state index in [2.05, 4.69) is 5.18 Å². The van der Waals surface area contributed by atoms with Crippen LogP contribution in [0.1, 0.15) is 10.4 Å². The van der Waals surface area contributed by atoms with E-state index in [0.29, 0.717) is 6.07 Å². The number of nitrogens with one attached hydrogen (secondary N) is 1. The number of nitroso groups, excluding NO2 is 1. The van der Waals surface area contributed by atoms with Crippen LogP contribution in [0.15, 0.2) is 35.5 Å². The first-order chi connectivity index (χ1) is 9.93. The minimum absolute atomic E-state index is 0.0112. The van der Waals surface area contributed by atoms with Gasteiger partial charge in [0.25, 0.3) is 5.91 Å². The summed E-state index contributed by atoms with van der Waals surface area (Å²) < 4.78 is 39.3. The molecule has 1 amide bonds. The van der Waals surface area contributed by atoms with Gasteiger partial charge in [-0.2, -0.15) is 0 Å². The summed E-state index contributed by atoms with van der Waals surface area (Å²) in [5, 5.41) is 4.66. The van der Waals surface area contributed by atoms with E-state index in [9.17, 15) is 22.9 Å². The van der Waals surface area contributed by atoms with Crippen LogP contribution in [0.2, 0.25) is 5.02 Å². The summed E-state index contributed by atoms with van der Waals surface area (Å²) in [7, 11) is 0. The van der Waals surface area contributed by atoms with Crippen LogP contribution in [0.5, 0.6) is 0 Å². The molecule has 2 rings (SSSR count). The minimum Gasteiger partial charge on any atom is -0.319 e. The average Bonchev–Trinajstić information content (AvgIpc) is 2.48. The topological polar surface area (TPSA) is 58.5 Å². The highest BCUT2D eigenvalue weighted by Crippen LogP contribution is 2.25. The van der Waals surface area contributed by atoms with Crippen LogP contribution in [-0.2, 0) is 0 Å². The predicted octanol–water partition coefficient (Wildman–Crippen LogP) is 4.41. The van der Waals surface area contributed by atoms with Crippen LogP contribution in [0.25, 0.3) is 0 Å². The summed E-state index contributed by atoms with van der Waals surface area (Å²) in [6, 6.07) is 5.15. The van der Waals surface area contributed by atoms with Gasteiger partial charge >= 0.3 is 0 Å². The number of benzene rings is 2. The van der Waals surface area contributed by atoms with E-state index in [1.165, 1.54) is 12.1 Å². The summed E-state index contributed by atoms with van der Waals surface area (Å²) in [5.41, 5.74) is -0.771. The van der Waals surface area contributed by atoms with Gasteiger partial charge in [-0.25, -0.2) is 13.2 Å². The molecule has 0 fully saturated rings. The third-order valence-corrected chi connectivity index (χ3v) is 2.91. The molecule has 0 saturated heterocycles. The van der Waals surface area contributed by atoms with Crippen molar-refractivity contribution >= 4 is 28.9 Å². The number of hydrogen-bond acceptors (Lipinski definition) is 3. The first-order valence-corrected chi connectivity index (χ1v) is 5.89. The van der Waals surface area contributed by atoms with Crippen LogP contribution in [0.4, 0.5) is 24.5 Å². The Bertz CT molecular complexity index is 738. The van der Waals surface area contributed by atoms with Crippen molar-refractivity contribution < 1.29 is 18.0 Å². The number of halogens is 4. The summed E-state index contributed by atoms with van der Waals surface area (Å²) in [6.07, 6.45) is 0. The maximum absolute atomic E-state index is 13.5. The molecule has 0 aliphatic carbocycles. The summed E-state index contributed by atoms with van der Waals surface area (Å²) in [5.74, 6) is -5.52. The number of nitrogens with zero attached hydrogens (tertiary/aromatic N) is 1. The van der Waals surface area contributed by atoms with E-state index < -0.39 is 29.0 Å². The Morgan fingerprint density at radius 2 is 1.81 bits per heavy atom. The van der Waals surface area contributed by atoms with Gasteiger partial charge in [0.15, 0.2) is 17.5 Å². The Kier molecular flexibility index (Phi) is 4.23. The Balaban J connectivity index is 2.34. The molecule has 2 aromatic rings. The lowest BCUT2D eigenvalue weighted by atomic mass is 10.2. The van der Waals surface area contributed by atoms with Gasteiger partial charge in [-0.05, 0) is 35.5 Å². The maximum atomic E-state index is 13.5. The molecule has 21 heavy (non-hydrogen) atoms. The molecule has 0 bridgehead atoms. The summed E-state index contributed by atoms with van der Waals surface area (Å²) in [4.78, 5) is 22.3. The quantitative estimate of drug-likeness (QED) is 0.674. The van der Waals surface area contributed by atoms with E-state index >= 15 is 0 Å². The molecule has 8 heteroatoms. The lowest BCUT2D eigenvalue weighted by molar-refractivity contribution is 0.102. The molecule has 1 N–H and O–H groups in total. The van der Waals surface area contributed by atoms with Crippen molar-refractivity contribution in [2.45, 2.75) is 0 Å². The molecule has 108 valence electrons. The first kappa shape index (κ1) is 15.0. The number of carbonyl (C=O) groups excluding carboxylic acids is 1. The molecular weight excluding hydrogens is 309 g/mol.